The number of rotatable bonds is 7. The second-order valence-electron chi connectivity index (χ2n) is 3.74. The maximum atomic E-state index is 5.76. The van der Waals surface area contributed by atoms with Gasteiger partial charge in [-0.25, -0.2) is 0 Å². The second-order valence-corrected chi connectivity index (χ2v) is 3.74. The third-order valence-corrected chi connectivity index (χ3v) is 2.51. The summed E-state index contributed by atoms with van der Waals surface area (Å²) in [6.07, 6.45) is 2.10. The standard InChI is InChI=1S/C13H21NO/c1-2-9-15-10-8-13(11-14)12-6-4-3-5-7-12/h3-7,13H,2,8-11,14H2,1H3. The van der Waals surface area contributed by atoms with Crippen molar-refractivity contribution in [1.29, 1.82) is 0 Å². The minimum Gasteiger partial charge on any atom is -0.381 e. The van der Waals surface area contributed by atoms with Gasteiger partial charge in [-0.15, -0.1) is 0 Å². The van der Waals surface area contributed by atoms with E-state index in [4.69, 9.17) is 10.5 Å². The molecule has 2 nitrogen and oxygen atoms in total. The van der Waals surface area contributed by atoms with Gasteiger partial charge in [0.15, 0.2) is 0 Å². The lowest BCUT2D eigenvalue weighted by molar-refractivity contribution is 0.128. The van der Waals surface area contributed by atoms with E-state index in [1.54, 1.807) is 0 Å². The lowest BCUT2D eigenvalue weighted by atomic mass is 9.96. The molecule has 1 unspecified atom stereocenters. The first-order chi connectivity index (χ1) is 7.38. The van der Waals surface area contributed by atoms with Crippen molar-refractivity contribution in [2.45, 2.75) is 25.7 Å². The van der Waals surface area contributed by atoms with Crippen LogP contribution < -0.4 is 5.73 Å². The summed E-state index contributed by atoms with van der Waals surface area (Å²) >= 11 is 0. The Morgan fingerprint density at radius 1 is 1.20 bits per heavy atom. The molecule has 0 aliphatic rings. The van der Waals surface area contributed by atoms with E-state index in [1.807, 2.05) is 6.07 Å². The third kappa shape index (κ3) is 4.45. The summed E-state index contributed by atoms with van der Waals surface area (Å²) in [7, 11) is 0. The van der Waals surface area contributed by atoms with E-state index >= 15 is 0 Å². The van der Waals surface area contributed by atoms with Gasteiger partial charge in [0.25, 0.3) is 0 Å². The molecule has 15 heavy (non-hydrogen) atoms. The van der Waals surface area contributed by atoms with Crippen LogP contribution in [-0.4, -0.2) is 19.8 Å². The van der Waals surface area contributed by atoms with Crippen molar-refractivity contribution >= 4 is 0 Å². The Hall–Kier alpha value is -0.860. The lowest BCUT2D eigenvalue weighted by Crippen LogP contribution is -2.14. The Bertz CT molecular complexity index is 248. The third-order valence-electron chi connectivity index (χ3n) is 2.51. The highest BCUT2D eigenvalue weighted by molar-refractivity contribution is 5.19. The largest absolute Gasteiger partial charge is 0.381 e. The fourth-order valence-electron chi connectivity index (χ4n) is 1.62. The summed E-state index contributed by atoms with van der Waals surface area (Å²) in [5.74, 6) is 0.433. The van der Waals surface area contributed by atoms with Crippen LogP contribution in [0.25, 0.3) is 0 Å². The average Bonchev–Trinajstić information content (AvgIpc) is 2.30. The Morgan fingerprint density at radius 2 is 1.93 bits per heavy atom. The van der Waals surface area contributed by atoms with Crippen LogP contribution in [0.15, 0.2) is 30.3 Å². The fraction of sp³-hybridized carbons (Fsp3) is 0.538. The van der Waals surface area contributed by atoms with Crippen LogP contribution in [0.2, 0.25) is 0 Å². The van der Waals surface area contributed by atoms with Gasteiger partial charge in [0.05, 0.1) is 0 Å². The van der Waals surface area contributed by atoms with Crippen molar-refractivity contribution in [3.63, 3.8) is 0 Å². The van der Waals surface area contributed by atoms with E-state index in [1.165, 1.54) is 5.56 Å². The van der Waals surface area contributed by atoms with Gasteiger partial charge in [-0.2, -0.15) is 0 Å². The van der Waals surface area contributed by atoms with Gasteiger partial charge in [-0.1, -0.05) is 37.3 Å². The minimum absolute atomic E-state index is 0.433. The maximum Gasteiger partial charge on any atom is 0.0472 e. The van der Waals surface area contributed by atoms with Crippen molar-refractivity contribution < 1.29 is 4.74 Å². The monoisotopic (exact) mass is 207 g/mol. The molecule has 1 atom stereocenters. The SMILES string of the molecule is CCCOCCC(CN)c1ccccc1. The molecule has 84 valence electrons. The summed E-state index contributed by atoms with van der Waals surface area (Å²) in [5, 5.41) is 0. The molecule has 1 rings (SSSR count). The minimum atomic E-state index is 0.433. The molecule has 0 fully saturated rings. The highest BCUT2D eigenvalue weighted by Crippen LogP contribution is 2.17. The molecular weight excluding hydrogens is 186 g/mol. The van der Waals surface area contributed by atoms with Crippen LogP contribution in [0.4, 0.5) is 0 Å². The Balaban J connectivity index is 2.36. The van der Waals surface area contributed by atoms with Gasteiger partial charge in [0.1, 0.15) is 0 Å². The van der Waals surface area contributed by atoms with Crippen LogP contribution in [-0.2, 0) is 4.74 Å². The highest BCUT2D eigenvalue weighted by Gasteiger charge is 2.08. The predicted octanol–water partition coefficient (Wildman–Crippen LogP) is 2.55. The number of nitrogens with two attached hydrogens (primary N) is 1. The molecule has 0 aromatic heterocycles. The summed E-state index contributed by atoms with van der Waals surface area (Å²) in [5.41, 5.74) is 7.08. The fourth-order valence-corrected chi connectivity index (χ4v) is 1.62. The number of benzene rings is 1. The molecule has 0 saturated heterocycles. The lowest BCUT2D eigenvalue weighted by Gasteiger charge is -2.14. The van der Waals surface area contributed by atoms with Gasteiger partial charge in [0, 0.05) is 13.2 Å². The quantitative estimate of drug-likeness (QED) is 0.697. The van der Waals surface area contributed by atoms with Crippen molar-refractivity contribution in [2.24, 2.45) is 5.73 Å². The molecule has 0 aliphatic heterocycles. The van der Waals surface area contributed by atoms with Crippen molar-refractivity contribution in [3.05, 3.63) is 35.9 Å². The molecule has 0 aliphatic carbocycles. The molecule has 0 radical (unpaired) electrons. The van der Waals surface area contributed by atoms with Crippen LogP contribution >= 0.6 is 0 Å². The Labute approximate surface area is 92.4 Å². The first kappa shape index (κ1) is 12.2. The Kier molecular flexibility index (Phi) is 6.05. The first-order valence-electron chi connectivity index (χ1n) is 5.71. The van der Waals surface area contributed by atoms with Gasteiger partial charge >= 0.3 is 0 Å². The molecule has 0 heterocycles. The average molecular weight is 207 g/mol. The normalized spacial score (nSPS) is 12.7. The molecule has 1 aromatic rings. The predicted molar refractivity (Wildman–Crippen MR) is 64.0 cm³/mol. The smallest absolute Gasteiger partial charge is 0.0472 e. The summed E-state index contributed by atoms with van der Waals surface area (Å²) < 4.78 is 5.48. The number of ether oxygens (including phenoxy) is 1. The number of hydrogen-bond donors (Lipinski definition) is 1. The summed E-state index contributed by atoms with van der Waals surface area (Å²) in [4.78, 5) is 0. The van der Waals surface area contributed by atoms with Crippen LogP contribution in [0, 0.1) is 0 Å². The summed E-state index contributed by atoms with van der Waals surface area (Å²) in [6.45, 7) is 4.48. The molecule has 0 amide bonds. The van der Waals surface area contributed by atoms with Crippen LogP contribution in [0.1, 0.15) is 31.2 Å². The topological polar surface area (TPSA) is 35.2 Å². The maximum absolute atomic E-state index is 5.76. The first-order valence-corrected chi connectivity index (χ1v) is 5.71. The zero-order valence-corrected chi connectivity index (χ0v) is 9.49. The van der Waals surface area contributed by atoms with Gasteiger partial charge < -0.3 is 10.5 Å². The molecule has 2 N–H and O–H groups in total. The molecule has 1 aromatic carbocycles. The van der Waals surface area contributed by atoms with E-state index in [2.05, 4.69) is 31.2 Å². The zero-order chi connectivity index (χ0) is 10.9. The van der Waals surface area contributed by atoms with E-state index in [9.17, 15) is 0 Å². The molecule has 0 saturated carbocycles. The van der Waals surface area contributed by atoms with E-state index in [0.29, 0.717) is 12.5 Å². The van der Waals surface area contributed by atoms with Gasteiger partial charge in [-0.3, -0.25) is 0 Å². The Morgan fingerprint density at radius 3 is 2.53 bits per heavy atom. The molecular formula is C13H21NO. The highest BCUT2D eigenvalue weighted by atomic mass is 16.5. The van der Waals surface area contributed by atoms with Gasteiger partial charge in [0.2, 0.25) is 0 Å². The number of hydrogen-bond acceptors (Lipinski definition) is 2. The van der Waals surface area contributed by atoms with E-state index in [0.717, 1.165) is 26.1 Å². The second kappa shape index (κ2) is 7.43. The molecule has 0 bridgehead atoms. The molecule has 2 heteroatoms. The van der Waals surface area contributed by atoms with Crippen LogP contribution in [0.3, 0.4) is 0 Å². The zero-order valence-electron chi connectivity index (χ0n) is 9.49. The van der Waals surface area contributed by atoms with E-state index in [-0.39, 0.29) is 0 Å². The van der Waals surface area contributed by atoms with Crippen molar-refractivity contribution in [3.8, 4) is 0 Å². The molecule has 0 spiro atoms. The van der Waals surface area contributed by atoms with Crippen molar-refractivity contribution in [2.75, 3.05) is 19.8 Å². The van der Waals surface area contributed by atoms with Crippen molar-refractivity contribution in [1.82, 2.24) is 0 Å². The van der Waals surface area contributed by atoms with Crippen LogP contribution in [0.5, 0.6) is 0 Å². The summed E-state index contributed by atoms with van der Waals surface area (Å²) in [6, 6.07) is 10.4. The van der Waals surface area contributed by atoms with E-state index < -0.39 is 0 Å². The van der Waals surface area contributed by atoms with Gasteiger partial charge in [-0.05, 0) is 30.9 Å².